The Labute approximate surface area is 103 Å². The third-order valence-corrected chi connectivity index (χ3v) is 2.02. The van der Waals surface area contributed by atoms with Crippen LogP contribution < -0.4 is 11.1 Å². The standard InChI is InChI=1S/C11H14N2O5/c12-9(16)6-18-5-4-13-11(17)10-7(14)2-1-3-8(10)15/h1-3,14-15H,4-6H2,(H2,12,16)(H,13,17). The van der Waals surface area contributed by atoms with Crippen molar-refractivity contribution >= 4 is 11.8 Å². The highest BCUT2D eigenvalue weighted by Crippen LogP contribution is 2.25. The maximum Gasteiger partial charge on any atom is 0.258 e. The number of hydrogen-bond acceptors (Lipinski definition) is 5. The van der Waals surface area contributed by atoms with Crippen molar-refractivity contribution in [2.75, 3.05) is 19.8 Å². The highest BCUT2D eigenvalue weighted by molar-refractivity contribution is 5.99. The largest absolute Gasteiger partial charge is 0.507 e. The van der Waals surface area contributed by atoms with E-state index in [2.05, 4.69) is 5.32 Å². The summed E-state index contributed by atoms with van der Waals surface area (Å²) in [6.45, 7) is 0.000627. The van der Waals surface area contributed by atoms with Crippen LogP contribution in [-0.4, -0.2) is 41.8 Å². The summed E-state index contributed by atoms with van der Waals surface area (Å²) in [5.41, 5.74) is 4.65. The number of nitrogens with one attached hydrogen (secondary N) is 1. The van der Waals surface area contributed by atoms with Gasteiger partial charge in [-0.2, -0.15) is 0 Å². The first-order valence-electron chi connectivity index (χ1n) is 5.17. The van der Waals surface area contributed by atoms with Crippen LogP contribution in [0.15, 0.2) is 18.2 Å². The van der Waals surface area contributed by atoms with Gasteiger partial charge in [0.1, 0.15) is 23.7 Å². The van der Waals surface area contributed by atoms with Crippen molar-refractivity contribution in [2.45, 2.75) is 0 Å². The van der Waals surface area contributed by atoms with Crippen molar-refractivity contribution < 1.29 is 24.5 Å². The monoisotopic (exact) mass is 254 g/mol. The zero-order chi connectivity index (χ0) is 13.5. The van der Waals surface area contributed by atoms with E-state index in [4.69, 9.17) is 10.5 Å². The molecule has 1 aromatic rings. The van der Waals surface area contributed by atoms with Gasteiger partial charge in [0.05, 0.1) is 6.61 Å². The number of ether oxygens (including phenoxy) is 1. The van der Waals surface area contributed by atoms with Crippen LogP contribution in [0, 0.1) is 0 Å². The molecule has 0 bridgehead atoms. The zero-order valence-electron chi connectivity index (χ0n) is 9.55. The summed E-state index contributed by atoms with van der Waals surface area (Å²) in [5.74, 6) is -1.86. The lowest BCUT2D eigenvalue weighted by Gasteiger charge is -2.08. The first kappa shape index (κ1) is 13.8. The van der Waals surface area contributed by atoms with Gasteiger partial charge < -0.3 is 26.0 Å². The molecule has 1 aromatic carbocycles. The number of aromatic hydroxyl groups is 2. The number of carbonyl (C=O) groups is 2. The van der Waals surface area contributed by atoms with Crippen molar-refractivity contribution in [3.8, 4) is 11.5 Å². The number of phenols is 2. The molecule has 2 amide bonds. The summed E-state index contributed by atoms with van der Waals surface area (Å²) in [6.07, 6.45) is 0. The van der Waals surface area contributed by atoms with Crippen molar-refractivity contribution in [1.82, 2.24) is 5.32 Å². The normalized spacial score (nSPS) is 10.0. The molecule has 7 heteroatoms. The Hall–Kier alpha value is -2.28. The second kappa shape index (κ2) is 6.45. The fourth-order valence-electron chi connectivity index (χ4n) is 1.26. The molecule has 0 saturated carbocycles. The molecule has 0 aliphatic heterocycles. The van der Waals surface area contributed by atoms with Crippen LogP contribution in [0.5, 0.6) is 11.5 Å². The number of amides is 2. The first-order chi connectivity index (χ1) is 8.52. The minimum absolute atomic E-state index is 0.100. The molecule has 0 aliphatic rings. The van der Waals surface area contributed by atoms with E-state index in [-0.39, 0.29) is 36.8 Å². The molecule has 0 spiro atoms. The number of phenolic OH excluding ortho intramolecular Hbond substituents is 2. The smallest absolute Gasteiger partial charge is 0.258 e. The molecule has 7 nitrogen and oxygen atoms in total. The molecule has 0 heterocycles. The fraction of sp³-hybridized carbons (Fsp3) is 0.273. The van der Waals surface area contributed by atoms with Gasteiger partial charge in [0.25, 0.3) is 5.91 Å². The molecule has 0 saturated heterocycles. The van der Waals surface area contributed by atoms with Crippen LogP contribution in [0.1, 0.15) is 10.4 Å². The molecule has 5 N–H and O–H groups in total. The van der Waals surface area contributed by atoms with Crippen LogP contribution in [0.3, 0.4) is 0 Å². The van der Waals surface area contributed by atoms with Gasteiger partial charge in [0, 0.05) is 6.54 Å². The van der Waals surface area contributed by atoms with Gasteiger partial charge in [-0.25, -0.2) is 0 Å². The molecular formula is C11H14N2O5. The number of nitrogens with two attached hydrogens (primary N) is 1. The molecule has 0 radical (unpaired) electrons. The Morgan fingerprint density at radius 2 is 1.89 bits per heavy atom. The maximum atomic E-state index is 11.6. The third-order valence-electron chi connectivity index (χ3n) is 2.02. The SMILES string of the molecule is NC(=O)COCCNC(=O)c1c(O)cccc1O. The molecule has 0 unspecified atom stereocenters. The minimum atomic E-state index is -0.631. The lowest BCUT2D eigenvalue weighted by molar-refractivity contribution is -0.122. The van der Waals surface area contributed by atoms with Crippen molar-refractivity contribution in [2.24, 2.45) is 5.73 Å². The molecule has 0 atom stereocenters. The van der Waals surface area contributed by atoms with E-state index in [1.807, 2.05) is 0 Å². The zero-order valence-corrected chi connectivity index (χ0v) is 9.55. The summed E-state index contributed by atoms with van der Waals surface area (Å²) in [6, 6.07) is 3.99. The van der Waals surface area contributed by atoms with Gasteiger partial charge in [0.15, 0.2) is 0 Å². The minimum Gasteiger partial charge on any atom is -0.507 e. The van der Waals surface area contributed by atoms with Gasteiger partial charge in [0.2, 0.25) is 5.91 Å². The number of rotatable bonds is 6. The molecule has 98 valence electrons. The van der Waals surface area contributed by atoms with E-state index in [0.29, 0.717) is 0 Å². The van der Waals surface area contributed by atoms with Gasteiger partial charge in [-0.3, -0.25) is 9.59 Å². The highest BCUT2D eigenvalue weighted by atomic mass is 16.5. The van der Waals surface area contributed by atoms with Crippen LogP contribution in [-0.2, 0) is 9.53 Å². The fourth-order valence-corrected chi connectivity index (χ4v) is 1.26. The second-order valence-electron chi connectivity index (χ2n) is 3.45. The van der Waals surface area contributed by atoms with Crippen molar-refractivity contribution in [3.63, 3.8) is 0 Å². The van der Waals surface area contributed by atoms with E-state index in [1.54, 1.807) is 0 Å². The van der Waals surface area contributed by atoms with Crippen LogP contribution in [0.25, 0.3) is 0 Å². The van der Waals surface area contributed by atoms with Crippen LogP contribution >= 0.6 is 0 Å². The Balaban J connectivity index is 2.44. The Morgan fingerprint density at radius 1 is 1.28 bits per heavy atom. The van der Waals surface area contributed by atoms with Gasteiger partial charge in [-0.15, -0.1) is 0 Å². The highest BCUT2D eigenvalue weighted by Gasteiger charge is 2.15. The molecule has 0 fully saturated rings. The Morgan fingerprint density at radius 3 is 2.44 bits per heavy atom. The summed E-state index contributed by atoms with van der Waals surface area (Å²) >= 11 is 0. The summed E-state index contributed by atoms with van der Waals surface area (Å²) in [5, 5.41) is 21.3. The van der Waals surface area contributed by atoms with E-state index in [9.17, 15) is 19.8 Å². The molecule has 0 aliphatic carbocycles. The molecular weight excluding hydrogens is 240 g/mol. The van der Waals surface area contributed by atoms with Crippen molar-refractivity contribution in [3.05, 3.63) is 23.8 Å². The molecule has 0 aromatic heterocycles. The Kier molecular flexibility index (Phi) is 4.94. The van der Waals surface area contributed by atoms with Gasteiger partial charge in [-0.1, -0.05) is 6.07 Å². The number of carbonyl (C=O) groups excluding carboxylic acids is 2. The summed E-state index contributed by atoms with van der Waals surface area (Å²) < 4.78 is 4.83. The predicted octanol–water partition coefficient (Wildman–Crippen LogP) is -0.670. The first-order valence-corrected chi connectivity index (χ1v) is 5.17. The summed E-state index contributed by atoms with van der Waals surface area (Å²) in [7, 11) is 0. The van der Waals surface area contributed by atoms with Gasteiger partial charge in [-0.05, 0) is 12.1 Å². The van der Waals surface area contributed by atoms with E-state index in [0.717, 1.165) is 0 Å². The lowest BCUT2D eigenvalue weighted by atomic mass is 10.1. The quantitative estimate of drug-likeness (QED) is 0.501. The predicted molar refractivity (Wildman–Crippen MR) is 62.1 cm³/mol. The van der Waals surface area contributed by atoms with E-state index < -0.39 is 11.8 Å². The maximum absolute atomic E-state index is 11.6. The topological polar surface area (TPSA) is 122 Å². The van der Waals surface area contributed by atoms with E-state index >= 15 is 0 Å². The molecule has 18 heavy (non-hydrogen) atoms. The Bertz CT molecular complexity index is 427. The van der Waals surface area contributed by atoms with Gasteiger partial charge >= 0.3 is 0 Å². The number of benzene rings is 1. The average Bonchev–Trinajstić information content (AvgIpc) is 2.27. The lowest BCUT2D eigenvalue weighted by Crippen LogP contribution is -2.28. The number of primary amides is 1. The average molecular weight is 254 g/mol. The van der Waals surface area contributed by atoms with E-state index in [1.165, 1.54) is 18.2 Å². The van der Waals surface area contributed by atoms with Crippen molar-refractivity contribution in [1.29, 1.82) is 0 Å². The third kappa shape index (κ3) is 3.95. The van der Waals surface area contributed by atoms with Crippen LogP contribution in [0.4, 0.5) is 0 Å². The molecule has 1 rings (SSSR count). The number of hydrogen-bond donors (Lipinski definition) is 4. The second-order valence-corrected chi connectivity index (χ2v) is 3.45. The van der Waals surface area contributed by atoms with Crippen LogP contribution in [0.2, 0.25) is 0 Å². The summed E-state index contributed by atoms with van der Waals surface area (Å²) in [4.78, 5) is 22.0.